The van der Waals surface area contributed by atoms with Gasteiger partial charge in [0.25, 0.3) is 0 Å². The first kappa shape index (κ1) is 17.4. The number of hydrogen-bond acceptors (Lipinski definition) is 5. The summed E-state index contributed by atoms with van der Waals surface area (Å²) in [6, 6.07) is 10.2. The summed E-state index contributed by atoms with van der Waals surface area (Å²) in [6.45, 7) is 8.56. The van der Waals surface area contributed by atoms with Crippen molar-refractivity contribution in [1.82, 2.24) is 9.80 Å². The highest BCUT2D eigenvalue weighted by Crippen LogP contribution is 2.33. The Hall–Kier alpha value is -1.45. The van der Waals surface area contributed by atoms with Crippen LogP contribution in [-0.4, -0.2) is 69.5 Å². The van der Waals surface area contributed by atoms with Crippen LogP contribution in [0.25, 0.3) is 0 Å². The second-order valence-corrected chi connectivity index (χ2v) is 7.09. The lowest BCUT2D eigenvalue weighted by molar-refractivity contribution is 0.0682. The zero-order valence-electron chi connectivity index (χ0n) is 14.5. The SMILES string of the molecule is COCCN1CC[C@]2(COCCN(Cc3cccc(C#N)c3)C2)C1. The van der Waals surface area contributed by atoms with E-state index in [1.54, 1.807) is 7.11 Å². The molecule has 1 aromatic rings. The van der Waals surface area contributed by atoms with Crippen molar-refractivity contribution in [2.45, 2.75) is 13.0 Å². The van der Waals surface area contributed by atoms with Crippen LogP contribution in [0, 0.1) is 16.7 Å². The average molecular weight is 329 g/mol. The monoisotopic (exact) mass is 329 g/mol. The van der Waals surface area contributed by atoms with Gasteiger partial charge < -0.3 is 14.4 Å². The first-order valence-corrected chi connectivity index (χ1v) is 8.73. The van der Waals surface area contributed by atoms with Gasteiger partial charge in [0.1, 0.15) is 0 Å². The summed E-state index contributed by atoms with van der Waals surface area (Å²) in [7, 11) is 1.76. The molecule has 130 valence electrons. The maximum atomic E-state index is 9.08. The van der Waals surface area contributed by atoms with E-state index < -0.39 is 0 Å². The fourth-order valence-corrected chi connectivity index (χ4v) is 3.90. The van der Waals surface area contributed by atoms with Gasteiger partial charge in [-0.1, -0.05) is 12.1 Å². The number of rotatable bonds is 5. The lowest BCUT2D eigenvalue weighted by atomic mass is 9.87. The lowest BCUT2D eigenvalue weighted by Gasteiger charge is -2.32. The van der Waals surface area contributed by atoms with Crippen LogP contribution in [-0.2, 0) is 16.0 Å². The van der Waals surface area contributed by atoms with Crippen molar-refractivity contribution >= 4 is 0 Å². The average Bonchev–Trinajstić information content (AvgIpc) is 2.88. The third kappa shape index (κ3) is 4.34. The van der Waals surface area contributed by atoms with E-state index in [4.69, 9.17) is 14.7 Å². The Morgan fingerprint density at radius 2 is 2.17 bits per heavy atom. The largest absolute Gasteiger partial charge is 0.383 e. The van der Waals surface area contributed by atoms with Crippen LogP contribution < -0.4 is 0 Å². The number of benzene rings is 1. The van der Waals surface area contributed by atoms with E-state index in [0.29, 0.717) is 0 Å². The molecule has 2 aliphatic rings. The molecule has 0 saturated carbocycles. The zero-order valence-corrected chi connectivity index (χ0v) is 14.5. The maximum Gasteiger partial charge on any atom is 0.0991 e. The minimum Gasteiger partial charge on any atom is -0.383 e. The highest BCUT2D eigenvalue weighted by molar-refractivity contribution is 5.32. The molecule has 1 spiro atoms. The van der Waals surface area contributed by atoms with Gasteiger partial charge in [-0.25, -0.2) is 0 Å². The van der Waals surface area contributed by atoms with Gasteiger partial charge in [0.15, 0.2) is 0 Å². The van der Waals surface area contributed by atoms with Crippen molar-refractivity contribution in [2.75, 3.05) is 59.7 Å². The van der Waals surface area contributed by atoms with Crippen molar-refractivity contribution in [3.8, 4) is 6.07 Å². The number of nitriles is 1. The van der Waals surface area contributed by atoms with Crippen molar-refractivity contribution < 1.29 is 9.47 Å². The van der Waals surface area contributed by atoms with Crippen molar-refractivity contribution in [2.24, 2.45) is 5.41 Å². The first-order valence-electron chi connectivity index (χ1n) is 8.73. The Morgan fingerprint density at radius 3 is 3.00 bits per heavy atom. The van der Waals surface area contributed by atoms with Gasteiger partial charge in [-0.05, 0) is 30.7 Å². The highest BCUT2D eigenvalue weighted by atomic mass is 16.5. The van der Waals surface area contributed by atoms with Crippen LogP contribution >= 0.6 is 0 Å². The quantitative estimate of drug-likeness (QED) is 0.823. The molecule has 1 aromatic carbocycles. The topological polar surface area (TPSA) is 48.7 Å². The third-order valence-electron chi connectivity index (χ3n) is 5.11. The minimum atomic E-state index is 0.233. The fraction of sp³-hybridized carbons (Fsp3) is 0.632. The molecule has 0 amide bonds. The molecule has 0 radical (unpaired) electrons. The summed E-state index contributed by atoms with van der Waals surface area (Å²) in [5.74, 6) is 0. The number of nitrogens with zero attached hydrogens (tertiary/aromatic N) is 3. The molecule has 0 N–H and O–H groups in total. The van der Waals surface area contributed by atoms with Crippen LogP contribution in [0.1, 0.15) is 17.5 Å². The molecular weight excluding hydrogens is 302 g/mol. The Labute approximate surface area is 144 Å². The smallest absolute Gasteiger partial charge is 0.0991 e. The van der Waals surface area contributed by atoms with Crippen LogP contribution in [0.2, 0.25) is 0 Å². The normalized spacial score (nSPS) is 25.7. The molecular formula is C19H27N3O2. The molecule has 3 rings (SSSR count). The number of hydrogen-bond donors (Lipinski definition) is 0. The second-order valence-electron chi connectivity index (χ2n) is 7.09. The lowest BCUT2D eigenvalue weighted by Crippen LogP contribution is -2.40. The van der Waals surface area contributed by atoms with Crippen molar-refractivity contribution in [3.63, 3.8) is 0 Å². The molecule has 2 heterocycles. The maximum absolute atomic E-state index is 9.08. The number of likely N-dealkylation sites (tertiary alicyclic amines) is 1. The summed E-state index contributed by atoms with van der Waals surface area (Å²) in [6.07, 6.45) is 1.19. The zero-order chi connectivity index (χ0) is 16.8. The third-order valence-corrected chi connectivity index (χ3v) is 5.11. The van der Waals surface area contributed by atoms with E-state index in [0.717, 1.165) is 64.7 Å². The van der Waals surface area contributed by atoms with E-state index in [-0.39, 0.29) is 5.41 Å². The first-order chi connectivity index (χ1) is 11.7. The molecule has 0 bridgehead atoms. The van der Waals surface area contributed by atoms with Gasteiger partial charge in [0, 0.05) is 45.2 Å². The molecule has 5 heteroatoms. The molecule has 1 atom stereocenters. The standard InChI is InChI=1S/C19H27N3O2/c1-23-9-7-21-6-5-19(14-21)15-22(8-10-24-16-19)13-18-4-2-3-17(11-18)12-20/h2-4,11H,5-10,13-16H2,1H3/t19-/m0/s1. The van der Waals surface area contributed by atoms with E-state index in [2.05, 4.69) is 21.9 Å². The molecule has 5 nitrogen and oxygen atoms in total. The van der Waals surface area contributed by atoms with Gasteiger partial charge in [-0.3, -0.25) is 4.90 Å². The molecule has 2 fully saturated rings. The van der Waals surface area contributed by atoms with Crippen LogP contribution in [0.4, 0.5) is 0 Å². The van der Waals surface area contributed by atoms with Gasteiger partial charge >= 0.3 is 0 Å². The van der Waals surface area contributed by atoms with Gasteiger partial charge in [0.05, 0.1) is 31.5 Å². The number of methoxy groups -OCH3 is 1. The van der Waals surface area contributed by atoms with E-state index >= 15 is 0 Å². The Bertz CT molecular complexity index is 586. The van der Waals surface area contributed by atoms with E-state index in [1.807, 2.05) is 18.2 Å². The summed E-state index contributed by atoms with van der Waals surface area (Å²) >= 11 is 0. The summed E-state index contributed by atoms with van der Waals surface area (Å²) in [5.41, 5.74) is 2.18. The Balaban J connectivity index is 1.63. The van der Waals surface area contributed by atoms with Gasteiger partial charge in [0.2, 0.25) is 0 Å². The Morgan fingerprint density at radius 1 is 1.29 bits per heavy atom. The summed E-state index contributed by atoms with van der Waals surface area (Å²) in [5, 5.41) is 9.08. The van der Waals surface area contributed by atoms with E-state index in [9.17, 15) is 0 Å². The summed E-state index contributed by atoms with van der Waals surface area (Å²) < 4.78 is 11.2. The van der Waals surface area contributed by atoms with Crippen LogP contribution in [0.5, 0.6) is 0 Å². The fourth-order valence-electron chi connectivity index (χ4n) is 3.90. The molecule has 0 unspecified atom stereocenters. The predicted molar refractivity (Wildman–Crippen MR) is 92.6 cm³/mol. The highest BCUT2D eigenvalue weighted by Gasteiger charge is 2.40. The van der Waals surface area contributed by atoms with Gasteiger partial charge in [-0.15, -0.1) is 0 Å². The van der Waals surface area contributed by atoms with Crippen LogP contribution in [0.3, 0.4) is 0 Å². The van der Waals surface area contributed by atoms with Crippen molar-refractivity contribution in [1.29, 1.82) is 5.26 Å². The summed E-state index contributed by atoms with van der Waals surface area (Å²) in [4.78, 5) is 4.98. The molecule has 2 saturated heterocycles. The number of ether oxygens (including phenoxy) is 2. The molecule has 2 aliphatic heterocycles. The molecule has 24 heavy (non-hydrogen) atoms. The van der Waals surface area contributed by atoms with Crippen LogP contribution in [0.15, 0.2) is 24.3 Å². The van der Waals surface area contributed by atoms with Crippen molar-refractivity contribution in [3.05, 3.63) is 35.4 Å². The molecule has 0 aromatic heterocycles. The van der Waals surface area contributed by atoms with Gasteiger partial charge in [-0.2, -0.15) is 5.26 Å². The minimum absolute atomic E-state index is 0.233. The Kier molecular flexibility index (Phi) is 5.85. The molecule has 0 aliphatic carbocycles. The second kappa shape index (κ2) is 8.09. The van der Waals surface area contributed by atoms with E-state index in [1.165, 1.54) is 12.0 Å². The predicted octanol–water partition coefficient (Wildman–Crippen LogP) is 1.73.